The van der Waals surface area contributed by atoms with E-state index >= 15 is 0 Å². The smallest absolute Gasteiger partial charge is 0.426 e. The standard InChI is InChI=1S/C33H38F4O/c1-19-11-22(4)32(23(5)12-19)38-33(36,37)28-17-30(34)29(31(35)18-28)16-26-9-7-25(8-10-26)15-27-13-20(2)24(6)21(3)14-27/h11-14,17-18,25-26H,7-10,15-16H2,1-6H3. The molecule has 0 aliphatic heterocycles. The highest BCUT2D eigenvalue weighted by atomic mass is 19.3. The van der Waals surface area contributed by atoms with Crippen LogP contribution in [0.25, 0.3) is 0 Å². The first kappa shape index (κ1) is 28.2. The normalized spacial score (nSPS) is 18.1. The second-order valence-corrected chi connectivity index (χ2v) is 11.4. The van der Waals surface area contributed by atoms with Gasteiger partial charge in [0.15, 0.2) is 0 Å². The SMILES string of the molecule is Cc1cc(C)c(OC(F)(F)c2cc(F)c(CC3CCC(Cc4cc(C)c(C)c(C)c4)CC3)c(F)c2)c(C)c1. The van der Waals surface area contributed by atoms with Gasteiger partial charge in [-0.25, -0.2) is 8.78 Å². The summed E-state index contributed by atoms with van der Waals surface area (Å²) >= 11 is 0. The highest BCUT2D eigenvalue weighted by Crippen LogP contribution is 2.38. The Hall–Kier alpha value is -2.82. The van der Waals surface area contributed by atoms with Crippen molar-refractivity contribution in [1.29, 1.82) is 0 Å². The molecule has 3 aromatic carbocycles. The van der Waals surface area contributed by atoms with Gasteiger partial charge in [-0.3, -0.25) is 0 Å². The molecule has 0 amide bonds. The fourth-order valence-corrected chi connectivity index (χ4v) is 5.99. The fraction of sp³-hybridized carbons (Fsp3) is 0.455. The number of halogens is 4. The number of hydrogen-bond donors (Lipinski definition) is 0. The van der Waals surface area contributed by atoms with Crippen LogP contribution in [0.2, 0.25) is 0 Å². The molecular weight excluding hydrogens is 488 g/mol. The molecule has 4 rings (SSSR count). The van der Waals surface area contributed by atoms with E-state index in [0.29, 0.717) is 17.0 Å². The second-order valence-electron chi connectivity index (χ2n) is 11.4. The van der Waals surface area contributed by atoms with Gasteiger partial charge >= 0.3 is 6.11 Å². The van der Waals surface area contributed by atoms with Crippen molar-refractivity contribution in [2.45, 2.75) is 86.2 Å². The third-order valence-corrected chi connectivity index (χ3v) is 8.28. The van der Waals surface area contributed by atoms with E-state index in [2.05, 4.69) is 32.9 Å². The van der Waals surface area contributed by atoms with Crippen LogP contribution in [0.5, 0.6) is 5.75 Å². The van der Waals surface area contributed by atoms with Crippen LogP contribution in [-0.2, 0) is 19.0 Å². The van der Waals surface area contributed by atoms with Crippen molar-refractivity contribution >= 4 is 0 Å². The largest absolute Gasteiger partial charge is 0.428 e. The van der Waals surface area contributed by atoms with Crippen LogP contribution in [0.1, 0.15) is 75.8 Å². The van der Waals surface area contributed by atoms with Crippen molar-refractivity contribution < 1.29 is 22.3 Å². The summed E-state index contributed by atoms with van der Waals surface area (Å²) in [6.45, 7) is 11.6. The van der Waals surface area contributed by atoms with Crippen LogP contribution in [0.4, 0.5) is 17.6 Å². The van der Waals surface area contributed by atoms with Crippen molar-refractivity contribution in [3.8, 4) is 5.75 Å². The number of aryl methyl sites for hydroxylation is 5. The third kappa shape index (κ3) is 6.24. The molecule has 1 nitrogen and oxygen atoms in total. The molecule has 0 aromatic heterocycles. The van der Waals surface area contributed by atoms with Crippen molar-refractivity contribution in [3.05, 3.63) is 98.1 Å². The quantitative estimate of drug-likeness (QED) is 0.279. The van der Waals surface area contributed by atoms with Gasteiger partial charge in [-0.2, -0.15) is 8.78 Å². The van der Waals surface area contributed by atoms with E-state index in [1.54, 1.807) is 26.0 Å². The Balaban J connectivity index is 1.41. The third-order valence-electron chi connectivity index (χ3n) is 8.28. The molecular formula is C33H38F4O. The molecule has 204 valence electrons. The maximum Gasteiger partial charge on any atom is 0.426 e. The highest BCUT2D eigenvalue weighted by molar-refractivity contribution is 5.44. The van der Waals surface area contributed by atoms with Gasteiger partial charge in [0.05, 0.1) is 5.56 Å². The van der Waals surface area contributed by atoms with Crippen molar-refractivity contribution in [1.82, 2.24) is 0 Å². The Morgan fingerprint density at radius 3 is 1.66 bits per heavy atom. The van der Waals surface area contributed by atoms with Gasteiger partial charge < -0.3 is 4.74 Å². The Bertz CT molecular complexity index is 1250. The minimum absolute atomic E-state index is 0.0261. The molecule has 0 N–H and O–H groups in total. The lowest BCUT2D eigenvalue weighted by Crippen LogP contribution is -2.24. The van der Waals surface area contributed by atoms with Crippen molar-refractivity contribution in [2.24, 2.45) is 11.8 Å². The molecule has 3 aromatic rings. The van der Waals surface area contributed by atoms with E-state index in [1.165, 1.54) is 22.3 Å². The minimum Gasteiger partial charge on any atom is -0.428 e. The number of rotatable bonds is 7. The van der Waals surface area contributed by atoms with E-state index in [4.69, 9.17) is 4.74 Å². The summed E-state index contributed by atoms with van der Waals surface area (Å²) in [6, 6.07) is 9.46. The summed E-state index contributed by atoms with van der Waals surface area (Å²) in [5, 5.41) is 0. The minimum atomic E-state index is -3.87. The lowest BCUT2D eigenvalue weighted by Gasteiger charge is -2.29. The maximum absolute atomic E-state index is 15.0. The van der Waals surface area contributed by atoms with Gasteiger partial charge in [-0.05, 0) is 137 Å². The highest BCUT2D eigenvalue weighted by Gasteiger charge is 2.37. The summed E-state index contributed by atoms with van der Waals surface area (Å²) in [7, 11) is 0. The van der Waals surface area contributed by atoms with Crippen molar-refractivity contribution in [2.75, 3.05) is 0 Å². The maximum atomic E-state index is 15.0. The summed E-state index contributed by atoms with van der Waals surface area (Å²) in [5.74, 6) is -1.16. The molecule has 0 radical (unpaired) electrons. The van der Waals surface area contributed by atoms with Crippen LogP contribution in [0, 0.1) is 65.0 Å². The van der Waals surface area contributed by atoms with E-state index in [9.17, 15) is 17.6 Å². The molecule has 5 heteroatoms. The first-order valence-electron chi connectivity index (χ1n) is 13.5. The van der Waals surface area contributed by atoms with Crippen LogP contribution in [0.15, 0.2) is 36.4 Å². The summed E-state index contributed by atoms with van der Waals surface area (Å²) in [5.41, 5.74) is 6.38. The van der Waals surface area contributed by atoms with E-state index < -0.39 is 23.3 Å². The second kappa shape index (κ2) is 11.1. The zero-order valence-corrected chi connectivity index (χ0v) is 23.3. The molecule has 1 aliphatic rings. The fourth-order valence-electron chi connectivity index (χ4n) is 5.99. The number of hydrogen-bond acceptors (Lipinski definition) is 1. The summed E-state index contributed by atoms with van der Waals surface area (Å²) in [4.78, 5) is 0. The molecule has 0 heterocycles. The van der Waals surface area contributed by atoms with Crippen LogP contribution >= 0.6 is 0 Å². The molecule has 0 bridgehead atoms. The predicted molar refractivity (Wildman–Crippen MR) is 145 cm³/mol. The number of benzene rings is 3. The first-order valence-corrected chi connectivity index (χ1v) is 13.5. The number of alkyl halides is 2. The van der Waals surface area contributed by atoms with Crippen LogP contribution < -0.4 is 4.74 Å². The lowest BCUT2D eigenvalue weighted by molar-refractivity contribution is -0.186. The van der Waals surface area contributed by atoms with Gasteiger partial charge in [-0.15, -0.1) is 0 Å². The van der Waals surface area contributed by atoms with Gasteiger partial charge in [0, 0.05) is 5.56 Å². The zero-order chi connectivity index (χ0) is 27.8. The van der Waals surface area contributed by atoms with Gasteiger partial charge in [0.2, 0.25) is 0 Å². The lowest BCUT2D eigenvalue weighted by atomic mass is 9.76. The predicted octanol–water partition coefficient (Wildman–Crippen LogP) is 9.54. The van der Waals surface area contributed by atoms with Crippen molar-refractivity contribution in [3.63, 3.8) is 0 Å². The molecule has 0 unspecified atom stereocenters. The number of ether oxygens (including phenoxy) is 1. The average molecular weight is 527 g/mol. The molecule has 1 aliphatic carbocycles. The van der Waals surface area contributed by atoms with Gasteiger partial charge in [-0.1, -0.05) is 29.8 Å². The Morgan fingerprint density at radius 1 is 0.684 bits per heavy atom. The average Bonchev–Trinajstić information content (AvgIpc) is 2.83. The summed E-state index contributed by atoms with van der Waals surface area (Å²) in [6.07, 6.45) is 1.12. The van der Waals surface area contributed by atoms with E-state index in [-0.39, 0.29) is 23.7 Å². The van der Waals surface area contributed by atoms with Gasteiger partial charge in [0.1, 0.15) is 17.4 Å². The molecule has 0 saturated heterocycles. The topological polar surface area (TPSA) is 9.23 Å². The zero-order valence-electron chi connectivity index (χ0n) is 23.3. The Labute approximate surface area is 224 Å². The summed E-state index contributed by atoms with van der Waals surface area (Å²) < 4.78 is 65.0. The first-order chi connectivity index (χ1) is 17.8. The molecule has 0 atom stereocenters. The van der Waals surface area contributed by atoms with Gasteiger partial charge in [0.25, 0.3) is 0 Å². The van der Waals surface area contributed by atoms with Crippen LogP contribution in [-0.4, -0.2) is 0 Å². The van der Waals surface area contributed by atoms with E-state index in [0.717, 1.165) is 49.8 Å². The van der Waals surface area contributed by atoms with Crippen LogP contribution in [0.3, 0.4) is 0 Å². The molecule has 1 fully saturated rings. The molecule has 0 spiro atoms. The molecule has 1 saturated carbocycles. The monoisotopic (exact) mass is 526 g/mol. The Kier molecular flexibility index (Phi) is 8.25. The van der Waals surface area contributed by atoms with E-state index in [1.807, 2.05) is 6.92 Å². The molecule has 38 heavy (non-hydrogen) atoms. The Morgan fingerprint density at radius 2 is 1.16 bits per heavy atom.